The maximum atomic E-state index is 8.91. The molecule has 0 saturated carbocycles. The molecular formula is C13H13NS2. The molecule has 0 amide bonds. The van der Waals surface area contributed by atoms with E-state index in [1.807, 2.05) is 31.2 Å². The Morgan fingerprint density at radius 3 is 2.69 bits per heavy atom. The Balaban J connectivity index is 2.54. The number of thioether (sulfide) groups is 1. The van der Waals surface area contributed by atoms with Gasteiger partial charge in [0.05, 0.1) is 9.77 Å². The van der Waals surface area contributed by atoms with Gasteiger partial charge >= 0.3 is 0 Å². The molecule has 0 aliphatic carbocycles. The highest BCUT2D eigenvalue weighted by molar-refractivity contribution is 8.23. The molecule has 16 heavy (non-hydrogen) atoms. The molecule has 1 rings (SSSR count). The summed E-state index contributed by atoms with van der Waals surface area (Å²) in [7, 11) is 0. The Labute approximate surface area is 106 Å². The molecule has 0 fully saturated rings. The fourth-order valence-corrected chi connectivity index (χ4v) is 2.26. The van der Waals surface area contributed by atoms with Gasteiger partial charge in [0, 0.05) is 5.75 Å². The Bertz CT molecular complexity index is 415. The molecule has 3 heteroatoms. The number of allylic oxidation sites excluding steroid dienone is 1. The van der Waals surface area contributed by atoms with Gasteiger partial charge in [0.1, 0.15) is 6.07 Å². The first-order valence-corrected chi connectivity index (χ1v) is 6.48. The average molecular weight is 247 g/mol. The third kappa shape index (κ3) is 4.18. The van der Waals surface area contributed by atoms with Gasteiger partial charge in [0.2, 0.25) is 0 Å². The Kier molecular flexibility index (Phi) is 5.84. The standard InChI is InChI=1S/C13H13NS2/c1-2-6-12(9-14)13(15)16-10-11-7-4-3-5-8-11/h3-8H,2,10H2,1H3. The number of hydrogen-bond donors (Lipinski definition) is 0. The Hall–Kier alpha value is -1.11. The molecule has 0 spiro atoms. The lowest BCUT2D eigenvalue weighted by molar-refractivity contribution is 1.22. The van der Waals surface area contributed by atoms with Crippen molar-refractivity contribution >= 4 is 28.2 Å². The van der Waals surface area contributed by atoms with Gasteiger partial charge in [-0.25, -0.2) is 0 Å². The number of benzene rings is 1. The average Bonchev–Trinajstić information content (AvgIpc) is 2.34. The molecule has 1 aromatic rings. The van der Waals surface area contributed by atoms with Crippen molar-refractivity contribution in [2.24, 2.45) is 0 Å². The van der Waals surface area contributed by atoms with Crippen molar-refractivity contribution in [3.8, 4) is 6.07 Å². The summed E-state index contributed by atoms with van der Waals surface area (Å²) in [5, 5.41) is 8.91. The number of nitrogens with zero attached hydrogens (tertiary/aromatic N) is 1. The van der Waals surface area contributed by atoms with Gasteiger partial charge < -0.3 is 0 Å². The zero-order valence-electron chi connectivity index (χ0n) is 9.14. The van der Waals surface area contributed by atoms with E-state index in [1.54, 1.807) is 11.8 Å². The van der Waals surface area contributed by atoms with Gasteiger partial charge in [-0.05, 0) is 12.0 Å². The minimum Gasteiger partial charge on any atom is -0.192 e. The lowest BCUT2D eigenvalue weighted by Crippen LogP contribution is -1.93. The van der Waals surface area contributed by atoms with E-state index < -0.39 is 0 Å². The summed E-state index contributed by atoms with van der Waals surface area (Å²) in [6, 6.07) is 12.3. The van der Waals surface area contributed by atoms with Crippen LogP contribution in [0.4, 0.5) is 0 Å². The molecule has 0 radical (unpaired) electrons. The number of thiocarbonyl (C=S) groups is 1. The molecule has 0 heterocycles. The van der Waals surface area contributed by atoms with Crippen molar-refractivity contribution in [2.45, 2.75) is 19.1 Å². The van der Waals surface area contributed by atoms with Crippen molar-refractivity contribution in [3.63, 3.8) is 0 Å². The SMILES string of the molecule is CCC=C(C#N)C(=S)SCc1ccccc1. The van der Waals surface area contributed by atoms with Crippen LogP contribution in [0.25, 0.3) is 0 Å². The van der Waals surface area contributed by atoms with E-state index in [-0.39, 0.29) is 0 Å². The van der Waals surface area contributed by atoms with Crippen LogP contribution >= 0.6 is 24.0 Å². The predicted molar refractivity (Wildman–Crippen MR) is 74.3 cm³/mol. The normalized spacial score (nSPS) is 10.9. The highest BCUT2D eigenvalue weighted by atomic mass is 32.2. The zero-order chi connectivity index (χ0) is 11.8. The van der Waals surface area contributed by atoms with E-state index in [2.05, 4.69) is 18.2 Å². The van der Waals surface area contributed by atoms with Crippen LogP contribution in [-0.2, 0) is 5.75 Å². The van der Waals surface area contributed by atoms with E-state index in [4.69, 9.17) is 17.5 Å². The van der Waals surface area contributed by atoms with Gasteiger partial charge in [0.25, 0.3) is 0 Å². The van der Waals surface area contributed by atoms with E-state index >= 15 is 0 Å². The first kappa shape index (κ1) is 13.0. The van der Waals surface area contributed by atoms with Crippen LogP contribution in [0.1, 0.15) is 18.9 Å². The summed E-state index contributed by atoms with van der Waals surface area (Å²) in [5.74, 6) is 0.822. The molecule has 1 nitrogen and oxygen atoms in total. The first-order valence-electron chi connectivity index (χ1n) is 5.09. The van der Waals surface area contributed by atoms with Crippen LogP contribution < -0.4 is 0 Å². The van der Waals surface area contributed by atoms with Gasteiger partial charge in [-0.2, -0.15) is 5.26 Å². The van der Waals surface area contributed by atoms with Crippen molar-refractivity contribution in [1.82, 2.24) is 0 Å². The molecule has 0 atom stereocenters. The quantitative estimate of drug-likeness (QED) is 0.454. The number of nitriles is 1. The monoisotopic (exact) mass is 247 g/mol. The van der Waals surface area contributed by atoms with Gasteiger partial charge in [0.15, 0.2) is 0 Å². The lowest BCUT2D eigenvalue weighted by atomic mass is 10.2. The largest absolute Gasteiger partial charge is 0.192 e. The minimum absolute atomic E-state index is 0.624. The minimum atomic E-state index is 0.624. The van der Waals surface area contributed by atoms with Crippen LogP contribution in [0.15, 0.2) is 42.0 Å². The summed E-state index contributed by atoms with van der Waals surface area (Å²) in [4.78, 5) is 0. The molecule has 0 aliphatic heterocycles. The predicted octanol–water partition coefficient (Wildman–Crippen LogP) is 4.11. The molecule has 0 aromatic heterocycles. The summed E-state index contributed by atoms with van der Waals surface area (Å²) < 4.78 is 0.688. The molecule has 0 unspecified atom stereocenters. The highest BCUT2D eigenvalue weighted by Crippen LogP contribution is 2.18. The van der Waals surface area contributed by atoms with Crippen LogP contribution in [0, 0.1) is 11.3 Å². The molecule has 0 aliphatic rings. The van der Waals surface area contributed by atoms with Crippen molar-refractivity contribution in [2.75, 3.05) is 0 Å². The summed E-state index contributed by atoms with van der Waals surface area (Å²) in [6.45, 7) is 2.00. The molecule has 0 N–H and O–H groups in total. The maximum absolute atomic E-state index is 8.91. The summed E-state index contributed by atoms with van der Waals surface area (Å²) >= 11 is 6.75. The molecule has 82 valence electrons. The Morgan fingerprint density at radius 1 is 1.44 bits per heavy atom. The zero-order valence-corrected chi connectivity index (χ0v) is 10.8. The summed E-state index contributed by atoms with van der Waals surface area (Å²) in [5.41, 5.74) is 1.85. The second kappa shape index (κ2) is 7.21. The van der Waals surface area contributed by atoms with E-state index in [1.165, 1.54) is 5.56 Å². The van der Waals surface area contributed by atoms with E-state index in [0.29, 0.717) is 9.77 Å². The lowest BCUT2D eigenvalue weighted by Gasteiger charge is -2.02. The van der Waals surface area contributed by atoms with Crippen LogP contribution in [0.2, 0.25) is 0 Å². The highest BCUT2D eigenvalue weighted by Gasteiger charge is 2.04. The third-order valence-corrected chi connectivity index (χ3v) is 3.49. The first-order chi connectivity index (χ1) is 7.77. The number of rotatable bonds is 4. The maximum Gasteiger partial charge on any atom is 0.101 e. The smallest absolute Gasteiger partial charge is 0.101 e. The van der Waals surface area contributed by atoms with Crippen LogP contribution in [0.5, 0.6) is 0 Å². The van der Waals surface area contributed by atoms with Crippen molar-refractivity contribution in [3.05, 3.63) is 47.5 Å². The van der Waals surface area contributed by atoms with Crippen LogP contribution in [0.3, 0.4) is 0 Å². The second-order valence-corrected chi connectivity index (χ2v) is 4.85. The Morgan fingerprint density at radius 2 is 2.12 bits per heavy atom. The van der Waals surface area contributed by atoms with Crippen molar-refractivity contribution < 1.29 is 0 Å². The van der Waals surface area contributed by atoms with Gasteiger partial charge in [-0.1, -0.05) is 55.5 Å². The van der Waals surface area contributed by atoms with Crippen molar-refractivity contribution in [1.29, 1.82) is 5.26 Å². The molecule has 0 saturated heterocycles. The molecular weight excluding hydrogens is 234 g/mol. The third-order valence-electron chi connectivity index (χ3n) is 1.96. The van der Waals surface area contributed by atoms with Gasteiger partial charge in [-0.3, -0.25) is 0 Å². The topological polar surface area (TPSA) is 23.8 Å². The van der Waals surface area contributed by atoms with Crippen LogP contribution in [-0.4, -0.2) is 4.20 Å². The number of hydrogen-bond acceptors (Lipinski definition) is 3. The molecule has 1 aromatic carbocycles. The fourth-order valence-electron chi connectivity index (χ4n) is 1.18. The fraction of sp³-hybridized carbons (Fsp3) is 0.231. The second-order valence-electron chi connectivity index (χ2n) is 3.20. The summed E-state index contributed by atoms with van der Waals surface area (Å²) in [6.07, 6.45) is 2.72. The van der Waals surface area contributed by atoms with Gasteiger partial charge in [-0.15, -0.1) is 11.8 Å². The van der Waals surface area contributed by atoms with E-state index in [0.717, 1.165) is 12.2 Å². The van der Waals surface area contributed by atoms with E-state index in [9.17, 15) is 0 Å². The molecule has 0 bridgehead atoms.